The van der Waals surface area contributed by atoms with Crippen LogP contribution in [0.25, 0.3) is 11.2 Å². The third-order valence-corrected chi connectivity index (χ3v) is 3.31. The fourth-order valence-electron chi connectivity index (χ4n) is 2.22. The zero-order valence-electron chi connectivity index (χ0n) is 11.7. The second-order valence-electron chi connectivity index (χ2n) is 4.75. The van der Waals surface area contributed by atoms with Crippen molar-refractivity contribution in [2.75, 3.05) is 7.11 Å². The van der Waals surface area contributed by atoms with Crippen LogP contribution in [0.2, 0.25) is 0 Å². The molecular weight excluding hydrogens is 268 g/mol. The van der Waals surface area contributed by atoms with Gasteiger partial charge in [0.25, 0.3) is 0 Å². The van der Waals surface area contributed by atoms with Crippen molar-refractivity contribution in [2.45, 2.75) is 19.3 Å². The predicted octanol–water partition coefficient (Wildman–Crippen LogP) is 1.38. The van der Waals surface area contributed by atoms with Crippen LogP contribution < -0.4 is 0 Å². The molecule has 1 unspecified atom stereocenters. The number of aliphatic hydroxyl groups is 1. The highest BCUT2D eigenvalue weighted by Crippen LogP contribution is 2.16. The topological polar surface area (TPSA) is 73.1 Å². The first-order valence-electron chi connectivity index (χ1n) is 6.67. The fraction of sp³-hybridized carbons (Fsp3) is 0.267. The monoisotopic (exact) mass is 284 g/mol. The zero-order chi connectivity index (χ0) is 14.7. The second kappa shape index (κ2) is 5.99. The molecular formula is C15H16N4O2. The number of methoxy groups -OCH3 is 1. The van der Waals surface area contributed by atoms with Crippen LogP contribution in [0.5, 0.6) is 0 Å². The van der Waals surface area contributed by atoms with Gasteiger partial charge in [0.05, 0.1) is 18.6 Å². The number of fused-ring (bicyclic) bond motifs is 1. The number of hydrogen-bond donors (Lipinski definition) is 1. The molecule has 1 aromatic carbocycles. The number of imidazole rings is 1. The number of ether oxygens (including phenoxy) is 1. The minimum atomic E-state index is -0.887. The number of aliphatic hydroxyl groups excluding tert-OH is 1. The third-order valence-electron chi connectivity index (χ3n) is 3.31. The summed E-state index contributed by atoms with van der Waals surface area (Å²) in [5, 5.41) is 9.60. The summed E-state index contributed by atoms with van der Waals surface area (Å²) in [6.45, 7) is 0.695. The van der Waals surface area contributed by atoms with Gasteiger partial charge < -0.3 is 14.4 Å². The smallest absolute Gasteiger partial charge is 0.163 e. The molecule has 0 bridgehead atoms. The Bertz CT molecular complexity index is 727. The van der Waals surface area contributed by atoms with Crippen molar-refractivity contribution in [2.24, 2.45) is 0 Å². The minimum absolute atomic E-state index is 0.290. The summed E-state index contributed by atoms with van der Waals surface area (Å²) >= 11 is 0. The van der Waals surface area contributed by atoms with Crippen molar-refractivity contribution >= 4 is 11.2 Å². The first-order valence-corrected chi connectivity index (χ1v) is 6.67. The Balaban J connectivity index is 1.93. The van der Waals surface area contributed by atoms with Crippen molar-refractivity contribution in [3.05, 3.63) is 54.2 Å². The molecule has 0 aliphatic carbocycles. The van der Waals surface area contributed by atoms with Crippen molar-refractivity contribution in [3.8, 4) is 0 Å². The Kier molecular flexibility index (Phi) is 3.89. The van der Waals surface area contributed by atoms with Gasteiger partial charge in [-0.3, -0.25) is 0 Å². The summed E-state index contributed by atoms with van der Waals surface area (Å²) in [6, 6.07) is 10.1. The summed E-state index contributed by atoms with van der Waals surface area (Å²) in [5.74, 6) is 0. The highest BCUT2D eigenvalue weighted by Gasteiger charge is 2.13. The van der Waals surface area contributed by atoms with Gasteiger partial charge in [0.15, 0.2) is 11.9 Å². The Labute approximate surface area is 122 Å². The van der Waals surface area contributed by atoms with E-state index in [1.165, 1.54) is 19.0 Å². The second-order valence-corrected chi connectivity index (χ2v) is 4.75. The molecule has 0 fully saturated rings. The van der Waals surface area contributed by atoms with Crippen LogP contribution in [0.1, 0.15) is 11.3 Å². The summed E-state index contributed by atoms with van der Waals surface area (Å²) in [4.78, 5) is 12.9. The molecule has 1 atom stereocenters. The number of aromatic nitrogens is 4. The Morgan fingerprint density at radius 1 is 1.19 bits per heavy atom. The van der Waals surface area contributed by atoms with E-state index in [9.17, 15) is 5.11 Å². The number of nitrogens with zero attached hydrogens (tertiary/aromatic N) is 4. The third kappa shape index (κ3) is 2.91. The number of rotatable bonds is 5. The lowest BCUT2D eigenvalue weighted by atomic mass is 10.2. The van der Waals surface area contributed by atoms with Gasteiger partial charge in [-0.15, -0.1) is 0 Å². The molecule has 0 saturated heterocycles. The maximum atomic E-state index is 9.60. The molecule has 3 rings (SSSR count). The van der Waals surface area contributed by atoms with E-state index in [1.807, 2.05) is 22.8 Å². The van der Waals surface area contributed by atoms with Gasteiger partial charge in [0, 0.05) is 13.5 Å². The number of hydrogen-bond acceptors (Lipinski definition) is 5. The first-order chi connectivity index (χ1) is 10.3. The molecule has 6 nitrogen and oxygen atoms in total. The van der Waals surface area contributed by atoms with E-state index in [2.05, 4.69) is 27.1 Å². The van der Waals surface area contributed by atoms with Crippen LogP contribution in [0.15, 0.2) is 43.0 Å². The van der Waals surface area contributed by atoms with Crippen LogP contribution in [0.3, 0.4) is 0 Å². The molecule has 3 aromatic rings. The van der Waals surface area contributed by atoms with Crippen LogP contribution in [-0.4, -0.2) is 38.0 Å². The van der Waals surface area contributed by atoms with Crippen molar-refractivity contribution in [1.82, 2.24) is 19.5 Å². The fourth-order valence-corrected chi connectivity index (χ4v) is 2.22. The predicted molar refractivity (Wildman–Crippen MR) is 77.6 cm³/mol. The summed E-state index contributed by atoms with van der Waals surface area (Å²) in [5.41, 5.74) is 3.31. The maximum Gasteiger partial charge on any atom is 0.163 e. The maximum absolute atomic E-state index is 9.60. The highest BCUT2D eigenvalue weighted by atomic mass is 16.6. The molecule has 0 amide bonds. The molecule has 2 heterocycles. The average Bonchev–Trinajstić information content (AvgIpc) is 2.92. The molecule has 108 valence electrons. The van der Waals surface area contributed by atoms with Crippen molar-refractivity contribution in [3.63, 3.8) is 0 Å². The van der Waals surface area contributed by atoms with Gasteiger partial charge in [-0.1, -0.05) is 30.3 Å². The zero-order valence-corrected chi connectivity index (χ0v) is 11.7. The largest absolute Gasteiger partial charge is 0.368 e. The molecule has 0 saturated carbocycles. The summed E-state index contributed by atoms with van der Waals surface area (Å²) in [6.07, 6.45) is 2.64. The molecule has 6 heteroatoms. The minimum Gasteiger partial charge on any atom is -0.368 e. The van der Waals surface area contributed by atoms with Gasteiger partial charge in [-0.05, 0) is 5.56 Å². The average molecular weight is 284 g/mol. The van der Waals surface area contributed by atoms with E-state index >= 15 is 0 Å². The van der Waals surface area contributed by atoms with E-state index in [1.54, 1.807) is 6.33 Å². The molecule has 21 heavy (non-hydrogen) atoms. The van der Waals surface area contributed by atoms with E-state index in [4.69, 9.17) is 4.74 Å². The molecule has 0 radical (unpaired) electrons. The Morgan fingerprint density at radius 3 is 2.76 bits per heavy atom. The van der Waals surface area contributed by atoms with Gasteiger partial charge >= 0.3 is 0 Å². The lowest BCUT2D eigenvalue weighted by Crippen LogP contribution is -2.14. The van der Waals surface area contributed by atoms with E-state index < -0.39 is 6.29 Å². The van der Waals surface area contributed by atoms with E-state index in [-0.39, 0.29) is 6.42 Å². The Morgan fingerprint density at radius 2 is 2.00 bits per heavy atom. The van der Waals surface area contributed by atoms with E-state index in [0.29, 0.717) is 17.8 Å². The van der Waals surface area contributed by atoms with Gasteiger partial charge in [-0.25, -0.2) is 15.0 Å². The van der Waals surface area contributed by atoms with Gasteiger partial charge in [-0.2, -0.15) is 0 Å². The lowest BCUT2D eigenvalue weighted by molar-refractivity contribution is -0.0724. The molecule has 0 aliphatic rings. The molecule has 1 N–H and O–H groups in total. The summed E-state index contributed by atoms with van der Waals surface area (Å²) < 4.78 is 6.83. The SMILES string of the molecule is COC(O)Cc1ncnc2c1ncn2Cc1ccccc1. The van der Waals surface area contributed by atoms with Gasteiger partial charge in [0.2, 0.25) is 0 Å². The molecule has 2 aromatic heterocycles. The van der Waals surface area contributed by atoms with Gasteiger partial charge in [0.1, 0.15) is 11.8 Å². The van der Waals surface area contributed by atoms with Crippen molar-refractivity contribution in [1.29, 1.82) is 0 Å². The summed E-state index contributed by atoms with van der Waals surface area (Å²) in [7, 11) is 1.46. The van der Waals surface area contributed by atoms with Crippen LogP contribution in [0.4, 0.5) is 0 Å². The van der Waals surface area contributed by atoms with Crippen LogP contribution in [-0.2, 0) is 17.7 Å². The lowest BCUT2D eigenvalue weighted by Gasteiger charge is -2.08. The normalized spacial score (nSPS) is 12.7. The van der Waals surface area contributed by atoms with Crippen molar-refractivity contribution < 1.29 is 9.84 Å². The quantitative estimate of drug-likeness (QED) is 0.717. The molecule has 0 aliphatic heterocycles. The van der Waals surface area contributed by atoms with Crippen LogP contribution >= 0.6 is 0 Å². The van der Waals surface area contributed by atoms with Crippen LogP contribution in [0, 0.1) is 0 Å². The number of benzene rings is 1. The Hall–Kier alpha value is -2.31. The van der Waals surface area contributed by atoms with E-state index in [0.717, 1.165) is 5.65 Å². The highest BCUT2D eigenvalue weighted by molar-refractivity contribution is 5.73. The standard InChI is InChI=1S/C15H16N4O2/c1-21-13(20)7-12-14-15(17-9-16-12)19(10-18-14)8-11-5-3-2-4-6-11/h2-6,9-10,13,20H,7-8H2,1H3. The first kappa shape index (κ1) is 13.7. The molecule has 0 spiro atoms.